The maximum absolute atomic E-state index is 10.1. The van der Waals surface area contributed by atoms with Crippen molar-refractivity contribution in [1.82, 2.24) is 0 Å². The summed E-state index contributed by atoms with van der Waals surface area (Å²) >= 11 is 0. The summed E-state index contributed by atoms with van der Waals surface area (Å²) in [7, 11) is 0. The third-order valence-corrected chi connectivity index (χ3v) is 3.68. The van der Waals surface area contributed by atoms with E-state index < -0.39 is 0 Å². The van der Waals surface area contributed by atoms with Crippen molar-refractivity contribution in [3.63, 3.8) is 0 Å². The highest BCUT2D eigenvalue weighted by Crippen LogP contribution is 2.48. The Morgan fingerprint density at radius 2 is 2.20 bits per heavy atom. The number of aliphatic hydroxyl groups excluding tert-OH is 1. The quantitative estimate of drug-likeness (QED) is 0.704. The van der Waals surface area contributed by atoms with Gasteiger partial charge in [-0.25, -0.2) is 0 Å². The van der Waals surface area contributed by atoms with Crippen molar-refractivity contribution in [2.75, 3.05) is 0 Å². The smallest absolute Gasteiger partial charge is 0.125 e. The van der Waals surface area contributed by atoms with Crippen LogP contribution in [0.1, 0.15) is 42.9 Å². The molecule has 1 atom stereocenters. The molecule has 1 aromatic rings. The molecule has 1 aliphatic carbocycles. The Labute approximate surface area is 89.9 Å². The number of aliphatic hydroxyl groups is 1. The fourth-order valence-corrected chi connectivity index (χ4v) is 2.64. The van der Waals surface area contributed by atoms with E-state index in [-0.39, 0.29) is 11.7 Å². The Balaban J connectivity index is 2.01. The molecule has 0 radical (unpaired) electrons. The Morgan fingerprint density at radius 3 is 2.87 bits per heavy atom. The summed E-state index contributed by atoms with van der Waals surface area (Å²) in [4.78, 5) is 0. The summed E-state index contributed by atoms with van der Waals surface area (Å²) in [5.74, 6) is 0.888. The lowest BCUT2D eigenvalue weighted by Gasteiger charge is -2.46. The van der Waals surface area contributed by atoms with Gasteiger partial charge in [0.1, 0.15) is 11.4 Å². The summed E-state index contributed by atoms with van der Waals surface area (Å²) in [6.45, 7) is 2.04. The van der Waals surface area contributed by atoms with Crippen LogP contribution in [-0.4, -0.2) is 10.7 Å². The molecule has 1 heterocycles. The largest absolute Gasteiger partial charge is 0.487 e. The molecule has 1 spiro atoms. The Morgan fingerprint density at radius 1 is 1.40 bits per heavy atom. The van der Waals surface area contributed by atoms with Crippen molar-refractivity contribution in [1.29, 1.82) is 0 Å². The minimum Gasteiger partial charge on any atom is -0.487 e. The van der Waals surface area contributed by atoms with Gasteiger partial charge in [0.15, 0.2) is 0 Å². The number of aryl methyl sites for hydroxylation is 1. The van der Waals surface area contributed by atoms with Crippen LogP contribution in [0.5, 0.6) is 5.75 Å². The van der Waals surface area contributed by atoms with Gasteiger partial charge in [-0.1, -0.05) is 11.6 Å². The second-order valence-corrected chi connectivity index (χ2v) is 4.90. The van der Waals surface area contributed by atoms with Gasteiger partial charge >= 0.3 is 0 Å². The van der Waals surface area contributed by atoms with Crippen LogP contribution in [0.4, 0.5) is 0 Å². The third-order valence-electron chi connectivity index (χ3n) is 3.68. The number of benzene rings is 1. The fourth-order valence-electron chi connectivity index (χ4n) is 2.64. The van der Waals surface area contributed by atoms with Crippen molar-refractivity contribution in [3.8, 4) is 5.75 Å². The first kappa shape index (κ1) is 9.22. The van der Waals surface area contributed by atoms with Gasteiger partial charge in [0, 0.05) is 12.0 Å². The van der Waals surface area contributed by atoms with Crippen LogP contribution in [0.15, 0.2) is 18.2 Å². The molecule has 0 unspecified atom stereocenters. The molecular formula is C13H16O2. The minimum absolute atomic E-state index is 0.0400. The maximum Gasteiger partial charge on any atom is 0.125 e. The lowest BCUT2D eigenvalue weighted by atomic mass is 9.73. The van der Waals surface area contributed by atoms with E-state index in [9.17, 15) is 5.11 Å². The molecule has 2 aliphatic rings. The van der Waals surface area contributed by atoms with Crippen molar-refractivity contribution < 1.29 is 9.84 Å². The highest BCUT2D eigenvalue weighted by atomic mass is 16.5. The summed E-state index contributed by atoms with van der Waals surface area (Å²) in [5.41, 5.74) is 2.11. The molecule has 0 amide bonds. The highest BCUT2D eigenvalue weighted by molar-refractivity contribution is 5.41. The van der Waals surface area contributed by atoms with Gasteiger partial charge in [-0.3, -0.25) is 0 Å². The average molecular weight is 204 g/mol. The number of rotatable bonds is 0. The first-order chi connectivity index (χ1) is 7.19. The van der Waals surface area contributed by atoms with Crippen LogP contribution >= 0.6 is 0 Å². The first-order valence-corrected chi connectivity index (χ1v) is 5.66. The minimum atomic E-state index is -0.339. The second kappa shape index (κ2) is 2.99. The molecular weight excluding hydrogens is 188 g/mol. The maximum atomic E-state index is 10.1. The standard InChI is InChI=1S/C13H16O2/c1-9-3-4-12-10(7-9)11(14)8-13(15-12)5-2-6-13/h3-4,7,11,14H,2,5-6,8H2,1H3/t11-/m1/s1. The van der Waals surface area contributed by atoms with E-state index in [2.05, 4.69) is 0 Å². The predicted molar refractivity (Wildman–Crippen MR) is 58.0 cm³/mol. The number of ether oxygens (including phenoxy) is 1. The van der Waals surface area contributed by atoms with E-state index in [1.54, 1.807) is 0 Å². The van der Waals surface area contributed by atoms with E-state index in [0.717, 1.165) is 30.6 Å². The van der Waals surface area contributed by atoms with E-state index in [1.165, 1.54) is 12.0 Å². The predicted octanol–water partition coefficient (Wildman–Crippen LogP) is 2.73. The Bertz CT molecular complexity index is 394. The molecule has 1 fully saturated rings. The number of hydrogen-bond donors (Lipinski definition) is 1. The third kappa shape index (κ3) is 1.36. The molecule has 2 heteroatoms. The molecule has 15 heavy (non-hydrogen) atoms. The summed E-state index contributed by atoms with van der Waals surface area (Å²) in [6, 6.07) is 6.07. The normalized spacial score (nSPS) is 26.7. The topological polar surface area (TPSA) is 29.5 Å². The average Bonchev–Trinajstić information content (AvgIpc) is 2.16. The van der Waals surface area contributed by atoms with E-state index in [0.29, 0.717) is 0 Å². The van der Waals surface area contributed by atoms with Crippen molar-refractivity contribution in [2.45, 2.75) is 44.3 Å². The zero-order valence-electron chi connectivity index (χ0n) is 8.99. The molecule has 1 N–H and O–H groups in total. The summed E-state index contributed by atoms with van der Waals surface area (Å²) in [6.07, 6.45) is 3.85. The highest BCUT2D eigenvalue weighted by Gasteiger charge is 2.45. The number of fused-ring (bicyclic) bond motifs is 1. The molecule has 1 aromatic carbocycles. The van der Waals surface area contributed by atoms with Gasteiger partial charge in [0.2, 0.25) is 0 Å². The van der Waals surface area contributed by atoms with Crippen LogP contribution in [0.25, 0.3) is 0 Å². The molecule has 1 saturated carbocycles. The monoisotopic (exact) mass is 204 g/mol. The van der Waals surface area contributed by atoms with Crippen LogP contribution in [0.3, 0.4) is 0 Å². The van der Waals surface area contributed by atoms with Crippen molar-refractivity contribution in [2.24, 2.45) is 0 Å². The van der Waals surface area contributed by atoms with E-state index >= 15 is 0 Å². The zero-order valence-corrected chi connectivity index (χ0v) is 8.99. The molecule has 3 rings (SSSR count). The lowest BCUT2D eigenvalue weighted by Crippen LogP contribution is -2.46. The van der Waals surface area contributed by atoms with Gasteiger partial charge in [-0.15, -0.1) is 0 Å². The van der Waals surface area contributed by atoms with Crippen LogP contribution in [0.2, 0.25) is 0 Å². The summed E-state index contributed by atoms with van der Waals surface area (Å²) in [5, 5.41) is 10.1. The molecule has 2 nitrogen and oxygen atoms in total. The molecule has 80 valence electrons. The number of hydrogen-bond acceptors (Lipinski definition) is 2. The fraction of sp³-hybridized carbons (Fsp3) is 0.538. The van der Waals surface area contributed by atoms with E-state index in [4.69, 9.17) is 4.74 Å². The van der Waals surface area contributed by atoms with Gasteiger partial charge in [0.05, 0.1) is 6.10 Å². The molecule has 0 bridgehead atoms. The first-order valence-electron chi connectivity index (χ1n) is 5.66. The Hall–Kier alpha value is -1.02. The molecule has 0 saturated heterocycles. The second-order valence-electron chi connectivity index (χ2n) is 4.90. The SMILES string of the molecule is Cc1ccc2c(c1)[C@H](O)CC1(CCC1)O2. The van der Waals surface area contributed by atoms with Crippen molar-refractivity contribution >= 4 is 0 Å². The van der Waals surface area contributed by atoms with Crippen LogP contribution in [0, 0.1) is 6.92 Å². The zero-order chi connectivity index (χ0) is 10.5. The van der Waals surface area contributed by atoms with E-state index in [1.807, 2.05) is 25.1 Å². The van der Waals surface area contributed by atoms with Crippen molar-refractivity contribution in [3.05, 3.63) is 29.3 Å². The van der Waals surface area contributed by atoms with Gasteiger partial charge in [-0.2, -0.15) is 0 Å². The summed E-state index contributed by atoms with van der Waals surface area (Å²) < 4.78 is 6.02. The van der Waals surface area contributed by atoms with Crippen LogP contribution in [-0.2, 0) is 0 Å². The van der Waals surface area contributed by atoms with Gasteiger partial charge < -0.3 is 9.84 Å². The van der Waals surface area contributed by atoms with Gasteiger partial charge in [0.25, 0.3) is 0 Å². The molecule has 0 aromatic heterocycles. The molecule has 1 aliphatic heterocycles. The Kier molecular flexibility index (Phi) is 1.84. The lowest BCUT2D eigenvalue weighted by molar-refractivity contribution is -0.0663. The van der Waals surface area contributed by atoms with Gasteiger partial charge in [-0.05, 0) is 38.3 Å². The van der Waals surface area contributed by atoms with Crippen LogP contribution < -0.4 is 4.74 Å².